The Kier molecular flexibility index (Phi) is 4.45. The molecule has 1 aromatic rings. The molecule has 7 heteroatoms. The highest BCUT2D eigenvalue weighted by atomic mass is 16.5. The number of nitrogens with zero attached hydrogens (tertiary/aromatic N) is 1. The smallest absolute Gasteiger partial charge is 0.326 e. The minimum atomic E-state index is -0.624. The van der Waals surface area contributed by atoms with Gasteiger partial charge in [-0.1, -0.05) is 12.1 Å². The summed E-state index contributed by atoms with van der Waals surface area (Å²) in [5, 5.41) is 2.73. The second-order valence-corrected chi connectivity index (χ2v) is 5.55. The number of anilines is 1. The zero-order valence-corrected chi connectivity index (χ0v) is 12.6. The van der Waals surface area contributed by atoms with Gasteiger partial charge in [-0.05, 0) is 25.0 Å². The van der Waals surface area contributed by atoms with Gasteiger partial charge in [0.15, 0.2) is 6.61 Å². The maximum Gasteiger partial charge on any atom is 0.326 e. The van der Waals surface area contributed by atoms with Crippen LogP contribution in [-0.2, 0) is 19.1 Å². The van der Waals surface area contributed by atoms with Crippen LogP contribution in [0.3, 0.4) is 0 Å². The summed E-state index contributed by atoms with van der Waals surface area (Å²) in [5.41, 5.74) is 0.536. The molecule has 1 saturated carbocycles. The zero-order chi connectivity index (χ0) is 16.2. The molecule has 1 heterocycles. The molecule has 0 unspecified atom stereocenters. The van der Waals surface area contributed by atoms with E-state index in [4.69, 9.17) is 9.47 Å². The van der Waals surface area contributed by atoms with E-state index in [-0.39, 0.29) is 44.0 Å². The molecule has 7 nitrogen and oxygen atoms in total. The number of nitrogens with one attached hydrogen (secondary N) is 1. The number of fused-ring (bicyclic) bond motifs is 1. The normalized spacial score (nSPS) is 16.9. The van der Waals surface area contributed by atoms with Crippen LogP contribution in [0, 0.1) is 0 Å². The van der Waals surface area contributed by atoms with Crippen LogP contribution in [-0.4, -0.2) is 43.6 Å². The van der Waals surface area contributed by atoms with Gasteiger partial charge in [0, 0.05) is 6.04 Å². The first kappa shape index (κ1) is 15.3. The Morgan fingerprint density at radius 1 is 1.30 bits per heavy atom. The number of hydrogen-bond acceptors (Lipinski definition) is 5. The van der Waals surface area contributed by atoms with Crippen LogP contribution in [0.15, 0.2) is 24.3 Å². The number of benzene rings is 1. The Hall–Kier alpha value is -2.57. The van der Waals surface area contributed by atoms with E-state index in [2.05, 4.69) is 5.32 Å². The number of carbonyl (C=O) groups is 3. The highest BCUT2D eigenvalue weighted by molar-refractivity contribution is 5.99. The number of para-hydroxylation sites is 2. The van der Waals surface area contributed by atoms with Crippen LogP contribution in [0.5, 0.6) is 5.75 Å². The Balaban J connectivity index is 1.59. The summed E-state index contributed by atoms with van der Waals surface area (Å²) < 4.78 is 10.5. The summed E-state index contributed by atoms with van der Waals surface area (Å²) in [7, 11) is 0. The summed E-state index contributed by atoms with van der Waals surface area (Å²) in [6, 6.07) is 7.24. The first-order chi connectivity index (χ1) is 11.1. The van der Waals surface area contributed by atoms with Gasteiger partial charge in [0.05, 0.1) is 18.7 Å². The van der Waals surface area contributed by atoms with Gasteiger partial charge >= 0.3 is 5.97 Å². The van der Waals surface area contributed by atoms with Crippen molar-refractivity contribution in [2.75, 3.05) is 24.7 Å². The summed E-state index contributed by atoms with van der Waals surface area (Å²) in [6.07, 6.45) is 2.13. The van der Waals surface area contributed by atoms with Crippen molar-refractivity contribution < 1.29 is 23.9 Å². The predicted molar refractivity (Wildman–Crippen MR) is 81.0 cm³/mol. The van der Waals surface area contributed by atoms with Gasteiger partial charge in [0.2, 0.25) is 5.91 Å². The van der Waals surface area contributed by atoms with Gasteiger partial charge in [0.1, 0.15) is 12.3 Å². The Morgan fingerprint density at radius 2 is 2.09 bits per heavy atom. The molecule has 2 aliphatic rings. The molecule has 1 N–H and O–H groups in total. The maximum absolute atomic E-state index is 12.2. The van der Waals surface area contributed by atoms with Gasteiger partial charge in [-0.2, -0.15) is 0 Å². The number of amides is 2. The van der Waals surface area contributed by atoms with E-state index in [0.29, 0.717) is 11.4 Å². The van der Waals surface area contributed by atoms with E-state index in [1.165, 1.54) is 4.90 Å². The summed E-state index contributed by atoms with van der Waals surface area (Å²) >= 11 is 0. The lowest BCUT2D eigenvalue weighted by atomic mass is 10.2. The van der Waals surface area contributed by atoms with Crippen molar-refractivity contribution >= 4 is 23.5 Å². The van der Waals surface area contributed by atoms with Gasteiger partial charge in [-0.25, -0.2) is 0 Å². The van der Waals surface area contributed by atoms with Crippen molar-refractivity contribution in [1.29, 1.82) is 0 Å². The van der Waals surface area contributed by atoms with Crippen LogP contribution in [0.25, 0.3) is 0 Å². The fourth-order valence-corrected chi connectivity index (χ4v) is 2.31. The minimum absolute atomic E-state index is 0.185. The molecule has 1 aliphatic heterocycles. The van der Waals surface area contributed by atoms with Crippen molar-refractivity contribution in [2.24, 2.45) is 0 Å². The number of esters is 1. The first-order valence-electron chi connectivity index (χ1n) is 7.60. The summed E-state index contributed by atoms with van der Waals surface area (Å²) in [5.74, 6) is -0.597. The number of ether oxygens (including phenoxy) is 2. The predicted octanol–water partition coefficient (Wildman–Crippen LogP) is 0.624. The van der Waals surface area contributed by atoms with Crippen LogP contribution in [0.1, 0.15) is 19.3 Å². The van der Waals surface area contributed by atoms with Crippen molar-refractivity contribution in [3.63, 3.8) is 0 Å². The third-order valence-corrected chi connectivity index (χ3v) is 3.62. The number of rotatable bonds is 5. The molecule has 0 saturated heterocycles. The van der Waals surface area contributed by atoms with E-state index in [0.717, 1.165) is 12.8 Å². The highest BCUT2D eigenvalue weighted by Crippen LogP contribution is 2.30. The Bertz CT molecular complexity index is 627. The molecule has 122 valence electrons. The van der Waals surface area contributed by atoms with Crippen molar-refractivity contribution in [1.82, 2.24) is 5.32 Å². The van der Waals surface area contributed by atoms with E-state index in [9.17, 15) is 14.4 Å². The maximum atomic E-state index is 12.2. The standard InChI is InChI=1S/C16H18N2O5/c19-14(17-11-5-6-11)10-23-16(21)9-18-12-3-1-2-4-13(12)22-8-7-15(18)20/h1-4,11H,5-10H2,(H,17,19). The third kappa shape index (κ3) is 4.00. The average Bonchev–Trinajstić information content (AvgIpc) is 3.35. The SMILES string of the molecule is O=C(COC(=O)CN1C(=O)CCOc2ccccc21)NC1CC1. The van der Waals surface area contributed by atoms with Crippen LogP contribution >= 0.6 is 0 Å². The second-order valence-electron chi connectivity index (χ2n) is 5.55. The van der Waals surface area contributed by atoms with Gasteiger partial charge < -0.3 is 14.8 Å². The fraction of sp³-hybridized carbons (Fsp3) is 0.438. The van der Waals surface area contributed by atoms with Gasteiger partial charge in [0.25, 0.3) is 5.91 Å². The highest BCUT2D eigenvalue weighted by Gasteiger charge is 2.27. The van der Waals surface area contributed by atoms with Crippen molar-refractivity contribution in [2.45, 2.75) is 25.3 Å². The van der Waals surface area contributed by atoms with Crippen LogP contribution < -0.4 is 15.0 Å². The fourth-order valence-electron chi connectivity index (χ4n) is 2.31. The molecule has 0 radical (unpaired) electrons. The summed E-state index contributed by atoms with van der Waals surface area (Å²) in [4.78, 5) is 37.0. The molecule has 2 amide bonds. The van der Waals surface area contributed by atoms with Crippen molar-refractivity contribution in [3.05, 3.63) is 24.3 Å². The Labute approximate surface area is 133 Å². The van der Waals surface area contributed by atoms with Crippen LogP contribution in [0.4, 0.5) is 5.69 Å². The van der Waals surface area contributed by atoms with E-state index in [1.807, 2.05) is 0 Å². The number of hydrogen-bond donors (Lipinski definition) is 1. The molecular weight excluding hydrogens is 300 g/mol. The van der Waals surface area contributed by atoms with E-state index >= 15 is 0 Å². The molecule has 3 rings (SSSR count). The van der Waals surface area contributed by atoms with Gasteiger partial charge in [-0.15, -0.1) is 0 Å². The zero-order valence-electron chi connectivity index (χ0n) is 12.6. The molecule has 0 aromatic heterocycles. The Morgan fingerprint density at radius 3 is 2.87 bits per heavy atom. The monoisotopic (exact) mass is 318 g/mol. The molecular formula is C16H18N2O5. The average molecular weight is 318 g/mol. The molecule has 1 aromatic carbocycles. The second kappa shape index (κ2) is 6.68. The lowest BCUT2D eigenvalue weighted by molar-refractivity contribution is -0.147. The topological polar surface area (TPSA) is 84.9 Å². The molecule has 23 heavy (non-hydrogen) atoms. The molecule has 0 spiro atoms. The van der Waals surface area contributed by atoms with Crippen molar-refractivity contribution in [3.8, 4) is 5.75 Å². The third-order valence-electron chi connectivity index (χ3n) is 3.62. The lowest BCUT2D eigenvalue weighted by Crippen LogP contribution is -2.37. The lowest BCUT2D eigenvalue weighted by Gasteiger charge is -2.20. The number of carbonyl (C=O) groups excluding carboxylic acids is 3. The van der Waals surface area contributed by atoms with E-state index < -0.39 is 5.97 Å². The van der Waals surface area contributed by atoms with E-state index in [1.54, 1.807) is 24.3 Å². The summed E-state index contributed by atoms with van der Waals surface area (Å²) in [6.45, 7) is -0.295. The first-order valence-corrected chi connectivity index (χ1v) is 7.60. The molecule has 1 aliphatic carbocycles. The molecule has 0 atom stereocenters. The quantitative estimate of drug-likeness (QED) is 0.805. The minimum Gasteiger partial charge on any atom is -0.491 e. The molecule has 1 fully saturated rings. The largest absolute Gasteiger partial charge is 0.491 e. The molecule has 0 bridgehead atoms. The van der Waals surface area contributed by atoms with Crippen LogP contribution in [0.2, 0.25) is 0 Å². The van der Waals surface area contributed by atoms with Gasteiger partial charge in [-0.3, -0.25) is 19.3 Å².